The lowest BCUT2D eigenvalue weighted by Crippen LogP contribution is -1.71. The standard InChI is InChI=1S/C18H14BrN3O/c1-13-18(21-20-16-10-8-15(19)9-11-16)17(23-22-13)12-7-14-5-3-2-4-6-14/h2-12H,1H3. The highest BCUT2D eigenvalue weighted by Crippen LogP contribution is 2.28. The van der Waals surface area contributed by atoms with Crippen LogP contribution in [0.15, 0.2) is 73.8 Å². The van der Waals surface area contributed by atoms with Gasteiger partial charge < -0.3 is 4.52 Å². The van der Waals surface area contributed by atoms with Crippen molar-refractivity contribution in [1.29, 1.82) is 0 Å². The van der Waals surface area contributed by atoms with E-state index in [9.17, 15) is 0 Å². The molecule has 0 saturated heterocycles. The third-order valence-corrected chi connectivity index (χ3v) is 3.70. The van der Waals surface area contributed by atoms with Crippen molar-refractivity contribution in [3.63, 3.8) is 0 Å². The maximum absolute atomic E-state index is 5.33. The van der Waals surface area contributed by atoms with Gasteiger partial charge in [0.1, 0.15) is 5.69 Å². The van der Waals surface area contributed by atoms with Gasteiger partial charge in [0.25, 0.3) is 0 Å². The Morgan fingerprint density at radius 1 is 0.957 bits per heavy atom. The zero-order valence-electron chi connectivity index (χ0n) is 12.5. The van der Waals surface area contributed by atoms with Gasteiger partial charge in [-0.1, -0.05) is 57.5 Å². The van der Waals surface area contributed by atoms with Crippen molar-refractivity contribution >= 4 is 39.5 Å². The van der Waals surface area contributed by atoms with Crippen LogP contribution in [0.25, 0.3) is 12.2 Å². The highest BCUT2D eigenvalue weighted by molar-refractivity contribution is 9.10. The predicted octanol–water partition coefficient (Wildman–Crippen LogP) is 6.33. The lowest BCUT2D eigenvalue weighted by atomic mass is 10.2. The Morgan fingerprint density at radius 2 is 1.70 bits per heavy atom. The van der Waals surface area contributed by atoms with Gasteiger partial charge in [0.2, 0.25) is 0 Å². The van der Waals surface area contributed by atoms with E-state index in [-0.39, 0.29) is 0 Å². The fourth-order valence-electron chi connectivity index (χ4n) is 1.96. The number of hydrogen-bond acceptors (Lipinski definition) is 4. The number of azo groups is 1. The van der Waals surface area contributed by atoms with Crippen molar-refractivity contribution in [3.8, 4) is 0 Å². The first-order valence-corrected chi connectivity index (χ1v) is 7.88. The summed E-state index contributed by atoms with van der Waals surface area (Å²) in [5.74, 6) is 0.590. The molecule has 0 unspecified atom stereocenters. The van der Waals surface area contributed by atoms with Gasteiger partial charge >= 0.3 is 0 Å². The first-order valence-electron chi connectivity index (χ1n) is 7.09. The number of benzene rings is 2. The van der Waals surface area contributed by atoms with Crippen LogP contribution >= 0.6 is 15.9 Å². The highest BCUT2D eigenvalue weighted by Gasteiger charge is 2.09. The summed E-state index contributed by atoms with van der Waals surface area (Å²) in [6.45, 7) is 1.85. The minimum absolute atomic E-state index is 0.590. The number of halogens is 1. The van der Waals surface area contributed by atoms with E-state index < -0.39 is 0 Å². The van der Waals surface area contributed by atoms with Gasteiger partial charge in [0, 0.05) is 4.47 Å². The van der Waals surface area contributed by atoms with Crippen molar-refractivity contribution in [3.05, 3.63) is 76.1 Å². The summed E-state index contributed by atoms with van der Waals surface area (Å²) in [4.78, 5) is 0. The minimum atomic E-state index is 0.590. The third-order valence-electron chi connectivity index (χ3n) is 3.18. The van der Waals surface area contributed by atoms with E-state index in [0.29, 0.717) is 17.1 Å². The van der Waals surface area contributed by atoms with Crippen LogP contribution < -0.4 is 0 Å². The lowest BCUT2D eigenvalue weighted by molar-refractivity contribution is 0.408. The van der Waals surface area contributed by atoms with Crippen LogP contribution in [-0.4, -0.2) is 5.16 Å². The van der Waals surface area contributed by atoms with Crippen LogP contribution in [-0.2, 0) is 0 Å². The Bertz CT molecular complexity index is 836. The molecule has 0 N–H and O–H groups in total. The first-order chi connectivity index (χ1) is 11.2. The molecular formula is C18H14BrN3O. The van der Waals surface area contributed by atoms with E-state index >= 15 is 0 Å². The molecule has 0 atom stereocenters. The van der Waals surface area contributed by atoms with Crippen LogP contribution in [0.2, 0.25) is 0 Å². The molecule has 0 aliphatic carbocycles. The molecule has 3 aromatic rings. The Morgan fingerprint density at radius 3 is 2.43 bits per heavy atom. The summed E-state index contributed by atoms with van der Waals surface area (Å²) >= 11 is 3.39. The largest absolute Gasteiger partial charge is 0.354 e. The normalized spacial score (nSPS) is 11.6. The number of aryl methyl sites for hydroxylation is 1. The summed E-state index contributed by atoms with van der Waals surface area (Å²) in [6.07, 6.45) is 3.81. The summed E-state index contributed by atoms with van der Waals surface area (Å²) in [5.41, 5.74) is 3.20. The second kappa shape index (κ2) is 7.15. The molecular weight excluding hydrogens is 354 g/mol. The molecule has 0 saturated carbocycles. The second-order valence-corrected chi connectivity index (χ2v) is 5.82. The van der Waals surface area contributed by atoms with Crippen molar-refractivity contribution in [1.82, 2.24) is 5.16 Å². The zero-order chi connectivity index (χ0) is 16.1. The molecule has 1 heterocycles. The summed E-state index contributed by atoms with van der Waals surface area (Å²) < 4.78 is 6.33. The molecule has 114 valence electrons. The quantitative estimate of drug-likeness (QED) is 0.505. The monoisotopic (exact) mass is 367 g/mol. The Balaban J connectivity index is 1.84. The highest BCUT2D eigenvalue weighted by atomic mass is 79.9. The van der Waals surface area contributed by atoms with E-state index in [1.54, 1.807) is 0 Å². The van der Waals surface area contributed by atoms with Gasteiger partial charge in [-0.3, -0.25) is 0 Å². The number of rotatable bonds is 4. The molecule has 1 aromatic heterocycles. The Kier molecular flexibility index (Phi) is 4.78. The van der Waals surface area contributed by atoms with Crippen molar-refractivity contribution in [2.75, 3.05) is 0 Å². The molecule has 4 nitrogen and oxygen atoms in total. The third kappa shape index (κ3) is 4.02. The number of nitrogens with zero attached hydrogens (tertiary/aromatic N) is 3. The average molecular weight is 368 g/mol. The smallest absolute Gasteiger partial charge is 0.187 e. The van der Waals surface area contributed by atoms with Gasteiger partial charge in [-0.2, -0.15) is 5.11 Å². The molecule has 0 radical (unpaired) electrons. The van der Waals surface area contributed by atoms with Crippen LogP contribution in [0.3, 0.4) is 0 Å². The lowest BCUT2D eigenvalue weighted by Gasteiger charge is -1.94. The van der Waals surface area contributed by atoms with Gasteiger partial charge in [-0.15, -0.1) is 5.11 Å². The molecule has 0 spiro atoms. The molecule has 0 aliphatic heterocycles. The summed E-state index contributed by atoms with van der Waals surface area (Å²) in [6, 6.07) is 17.6. The maximum atomic E-state index is 5.33. The fourth-order valence-corrected chi connectivity index (χ4v) is 2.23. The number of aromatic nitrogens is 1. The van der Waals surface area contributed by atoms with E-state index in [2.05, 4.69) is 31.3 Å². The fraction of sp³-hybridized carbons (Fsp3) is 0.0556. The van der Waals surface area contributed by atoms with E-state index in [1.807, 2.05) is 73.7 Å². The van der Waals surface area contributed by atoms with Gasteiger partial charge in [-0.25, -0.2) is 0 Å². The molecule has 2 aromatic carbocycles. The van der Waals surface area contributed by atoms with Crippen LogP contribution in [0, 0.1) is 6.92 Å². The van der Waals surface area contributed by atoms with Crippen molar-refractivity contribution in [2.24, 2.45) is 10.2 Å². The van der Waals surface area contributed by atoms with Crippen LogP contribution in [0.1, 0.15) is 17.0 Å². The molecule has 0 fully saturated rings. The molecule has 5 heteroatoms. The van der Waals surface area contributed by atoms with Gasteiger partial charge in [0.15, 0.2) is 11.4 Å². The Hall–Kier alpha value is -2.53. The maximum Gasteiger partial charge on any atom is 0.187 e. The second-order valence-electron chi connectivity index (χ2n) is 4.90. The van der Waals surface area contributed by atoms with Crippen molar-refractivity contribution < 1.29 is 4.52 Å². The molecule has 23 heavy (non-hydrogen) atoms. The molecule has 0 bridgehead atoms. The first kappa shape index (κ1) is 15.4. The van der Waals surface area contributed by atoms with E-state index in [1.165, 1.54) is 0 Å². The van der Waals surface area contributed by atoms with Crippen molar-refractivity contribution in [2.45, 2.75) is 6.92 Å². The van der Waals surface area contributed by atoms with Crippen LogP contribution in [0.4, 0.5) is 11.4 Å². The van der Waals surface area contributed by atoms with E-state index in [0.717, 1.165) is 15.7 Å². The number of hydrogen-bond donors (Lipinski definition) is 0. The summed E-state index contributed by atoms with van der Waals surface area (Å²) in [7, 11) is 0. The van der Waals surface area contributed by atoms with E-state index in [4.69, 9.17) is 4.52 Å². The minimum Gasteiger partial charge on any atom is -0.354 e. The zero-order valence-corrected chi connectivity index (χ0v) is 14.1. The topological polar surface area (TPSA) is 50.8 Å². The molecule has 3 rings (SSSR count). The Labute approximate surface area is 142 Å². The molecule has 0 amide bonds. The van der Waals surface area contributed by atoms with Crippen LogP contribution in [0.5, 0.6) is 0 Å². The van der Waals surface area contributed by atoms with Gasteiger partial charge in [-0.05, 0) is 42.8 Å². The molecule has 0 aliphatic rings. The SMILES string of the molecule is Cc1noc(C=Cc2ccccc2)c1N=Nc1ccc(Br)cc1. The van der Waals surface area contributed by atoms with Gasteiger partial charge in [0.05, 0.1) is 5.69 Å². The summed E-state index contributed by atoms with van der Waals surface area (Å²) in [5, 5.41) is 12.5. The average Bonchev–Trinajstić information content (AvgIpc) is 2.93. The predicted molar refractivity (Wildman–Crippen MR) is 94.9 cm³/mol.